The topological polar surface area (TPSA) is 56.8 Å². The maximum atomic E-state index is 12.6. The van der Waals surface area contributed by atoms with Gasteiger partial charge in [0.2, 0.25) is 0 Å². The van der Waals surface area contributed by atoms with Gasteiger partial charge in [-0.1, -0.05) is 6.07 Å². The van der Waals surface area contributed by atoms with Gasteiger partial charge in [-0.2, -0.15) is 0 Å². The van der Waals surface area contributed by atoms with Gasteiger partial charge in [0.05, 0.1) is 22.9 Å². The predicted octanol–water partition coefficient (Wildman–Crippen LogP) is 3.06. The van der Waals surface area contributed by atoms with Gasteiger partial charge in [0.25, 0.3) is 5.91 Å². The summed E-state index contributed by atoms with van der Waals surface area (Å²) in [5, 5.41) is 3.08. The maximum absolute atomic E-state index is 12.6. The Labute approximate surface area is 156 Å². The van der Waals surface area contributed by atoms with Crippen LogP contribution in [0.3, 0.4) is 0 Å². The largest absolute Gasteiger partial charge is 0.494 e. The lowest BCUT2D eigenvalue weighted by atomic mass is 9.78. The van der Waals surface area contributed by atoms with Crippen LogP contribution in [0.4, 0.5) is 0 Å². The van der Waals surface area contributed by atoms with Gasteiger partial charge in [0.15, 0.2) is 0 Å². The average Bonchev–Trinajstić information content (AvgIpc) is 2.70. The van der Waals surface area contributed by atoms with Gasteiger partial charge < -0.3 is 19.4 Å². The van der Waals surface area contributed by atoms with E-state index in [-0.39, 0.29) is 18.1 Å². The normalized spacial score (nSPS) is 21.6. The van der Waals surface area contributed by atoms with E-state index in [0.29, 0.717) is 11.3 Å². The Morgan fingerprint density at radius 3 is 2.31 bits per heavy atom. The van der Waals surface area contributed by atoms with Gasteiger partial charge in [-0.25, -0.2) is 0 Å². The highest BCUT2D eigenvalue weighted by atomic mass is 16.7. The van der Waals surface area contributed by atoms with Crippen LogP contribution < -0.4 is 15.5 Å². The molecule has 1 saturated carbocycles. The number of carbonyl (C=O) groups excluding carboxylic acids is 1. The summed E-state index contributed by atoms with van der Waals surface area (Å²) in [6.07, 6.45) is 3.26. The molecule has 0 radical (unpaired) electrons. The van der Waals surface area contributed by atoms with E-state index in [4.69, 9.17) is 14.0 Å². The average molecular weight is 359 g/mol. The van der Waals surface area contributed by atoms with Crippen molar-refractivity contribution in [2.24, 2.45) is 0 Å². The lowest BCUT2D eigenvalue weighted by Gasteiger charge is -2.32. The van der Waals surface area contributed by atoms with Crippen LogP contribution in [-0.4, -0.2) is 36.4 Å². The lowest BCUT2D eigenvalue weighted by Crippen LogP contribution is -2.41. The maximum Gasteiger partial charge on any atom is 0.494 e. The highest BCUT2D eigenvalue weighted by Gasteiger charge is 2.51. The van der Waals surface area contributed by atoms with Crippen molar-refractivity contribution in [2.75, 3.05) is 0 Å². The number of hydrogen-bond donors (Lipinski definition) is 1. The van der Waals surface area contributed by atoms with E-state index >= 15 is 0 Å². The Morgan fingerprint density at radius 2 is 1.81 bits per heavy atom. The van der Waals surface area contributed by atoms with Crippen LogP contribution in [0.25, 0.3) is 0 Å². The molecule has 1 aliphatic carbocycles. The first kappa shape index (κ1) is 19.2. The Hall–Kier alpha value is -1.53. The molecule has 1 amide bonds. The summed E-state index contributed by atoms with van der Waals surface area (Å²) in [4.78, 5) is 12.6. The van der Waals surface area contributed by atoms with Gasteiger partial charge in [-0.15, -0.1) is 0 Å². The van der Waals surface area contributed by atoms with Gasteiger partial charge in [0.1, 0.15) is 5.75 Å². The number of hydrogen-bond acceptors (Lipinski definition) is 4. The first-order valence-corrected chi connectivity index (χ1v) is 9.56. The van der Waals surface area contributed by atoms with E-state index in [9.17, 15) is 4.79 Å². The molecule has 3 rings (SSSR count). The van der Waals surface area contributed by atoms with Crippen LogP contribution in [0.15, 0.2) is 18.2 Å². The van der Waals surface area contributed by atoms with Crippen molar-refractivity contribution in [2.45, 2.75) is 84.2 Å². The Balaban J connectivity index is 1.85. The van der Waals surface area contributed by atoms with Crippen molar-refractivity contribution in [3.05, 3.63) is 23.8 Å². The first-order chi connectivity index (χ1) is 12.1. The highest BCUT2D eigenvalue weighted by Crippen LogP contribution is 2.36. The molecular formula is C20H30BNO4. The molecule has 0 spiro atoms. The predicted molar refractivity (Wildman–Crippen MR) is 103 cm³/mol. The molecule has 6 heteroatoms. The zero-order chi connectivity index (χ0) is 19.1. The third-order valence-electron chi connectivity index (χ3n) is 5.58. The SMILES string of the molecule is CC(C)Oc1cc(B2OC(C)(C)C(C)(C)O2)ccc1C(=O)NC1CCC1. The fourth-order valence-corrected chi connectivity index (χ4v) is 3.02. The Kier molecular flexibility index (Phi) is 5.10. The van der Waals surface area contributed by atoms with Crippen molar-refractivity contribution in [1.29, 1.82) is 0 Å². The van der Waals surface area contributed by atoms with Crippen molar-refractivity contribution in [3.63, 3.8) is 0 Å². The fourth-order valence-electron chi connectivity index (χ4n) is 3.02. The molecule has 142 valence electrons. The van der Waals surface area contributed by atoms with E-state index in [1.54, 1.807) is 0 Å². The van der Waals surface area contributed by atoms with Crippen molar-refractivity contribution >= 4 is 18.5 Å². The van der Waals surface area contributed by atoms with Gasteiger partial charge >= 0.3 is 7.12 Å². The molecule has 1 saturated heterocycles. The second-order valence-electron chi connectivity index (χ2n) is 8.61. The van der Waals surface area contributed by atoms with Gasteiger partial charge in [0, 0.05) is 6.04 Å². The van der Waals surface area contributed by atoms with Gasteiger partial charge in [-0.05, 0) is 78.4 Å². The summed E-state index contributed by atoms with van der Waals surface area (Å²) in [6.45, 7) is 12.0. The number of amides is 1. The molecule has 0 unspecified atom stereocenters. The highest BCUT2D eigenvalue weighted by molar-refractivity contribution is 6.62. The molecule has 1 aliphatic heterocycles. The minimum atomic E-state index is -0.474. The number of benzene rings is 1. The molecule has 0 atom stereocenters. The molecular weight excluding hydrogens is 329 g/mol. The minimum absolute atomic E-state index is 0.0289. The molecule has 26 heavy (non-hydrogen) atoms. The quantitative estimate of drug-likeness (QED) is 0.821. The monoisotopic (exact) mass is 359 g/mol. The minimum Gasteiger partial charge on any atom is -0.490 e. The second-order valence-corrected chi connectivity index (χ2v) is 8.61. The zero-order valence-corrected chi connectivity index (χ0v) is 16.7. The van der Waals surface area contributed by atoms with E-state index in [1.807, 2.05) is 59.7 Å². The molecule has 1 heterocycles. The fraction of sp³-hybridized carbons (Fsp3) is 0.650. The summed E-state index contributed by atoms with van der Waals surface area (Å²) >= 11 is 0. The van der Waals surface area contributed by atoms with Gasteiger partial charge in [-0.3, -0.25) is 4.79 Å². The summed E-state index contributed by atoms with van der Waals surface area (Å²) < 4.78 is 18.2. The van der Waals surface area contributed by atoms with E-state index in [2.05, 4.69) is 5.32 Å². The van der Waals surface area contributed by atoms with Crippen molar-refractivity contribution in [1.82, 2.24) is 5.32 Å². The molecule has 2 fully saturated rings. The summed E-state index contributed by atoms with van der Waals surface area (Å²) in [5.74, 6) is 0.495. The third kappa shape index (κ3) is 3.76. The molecule has 0 aromatic heterocycles. The van der Waals surface area contributed by atoms with Crippen LogP contribution in [-0.2, 0) is 9.31 Å². The molecule has 2 aliphatic rings. The van der Waals surface area contributed by atoms with Crippen LogP contribution >= 0.6 is 0 Å². The van der Waals surface area contributed by atoms with Crippen LogP contribution in [0.1, 0.15) is 71.2 Å². The number of ether oxygens (including phenoxy) is 1. The first-order valence-electron chi connectivity index (χ1n) is 9.56. The van der Waals surface area contributed by atoms with E-state index in [0.717, 1.165) is 18.3 Å². The standard InChI is InChI=1S/C20H30BNO4/c1-13(2)24-17-12-14(21-25-19(3,4)20(5,6)26-21)10-11-16(17)18(23)22-15-8-7-9-15/h10-13,15H,7-9H2,1-6H3,(H,22,23). The molecule has 1 aromatic carbocycles. The van der Waals surface area contributed by atoms with Crippen LogP contribution in [0.2, 0.25) is 0 Å². The molecule has 1 N–H and O–H groups in total. The summed E-state index contributed by atoms with van der Waals surface area (Å²) in [6, 6.07) is 5.87. The number of nitrogens with one attached hydrogen (secondary N) is 1. The third-order valence-corrected chi connectivity index (χ3v) is 5.58. The molecule has 5 nitrogen and oxygen atoms in total. The van der Waals surface area contributed by atoms with E-state index in [1.165, 1.54) is 6.42 Å². The second kappa shape index (κ2) is 6.89. The lowest BCUT2D eigenvalue weighted by molar-refractivity contribution is 0.00578. The molecule has 1 aromatic rings. The smallest absolute Gasteiger partial charge is 0.490 e. The Bertz CT molecular complexity index is 666. The number of carbonyl (C=O) groups is 1. The van der Waals surface area contributed by atoms with E-state index < -0.39 is 18.3 Å². The van der Waals surface area contributed by atoms with Crippen LogP contribution in [0.5, 0.6) is 5.75 Å². The molecule has 0 bridgehead atoms. The summed E-state index contributed by atoms with van der Waals surface area (Å²) in [7, 11) is -0.474. The van der Waals surface area contributed by atoms with Crippen LogP contribution in [0, 0.1) is 0 Å². The zero-order valence-electron chi connectivity index (χ0n) is 16.7. The van der Waals surface area contributed by atoms with Crippen molar-refractivity contribution in [3.8, 4) is 5.75 Å². The Morgan fingerprint density at radius 1 is 1.19 bits per heavy atom. The number of rotatable bonds is 5. The van der Waals surface area contributed by atoms with Crippen molar-refractivity contribution < 1.29 is 18.8 Å². The summed E-state index contributed by atoms with van der Waals surface area (Å²) in [5.41, 5.74) is 0.610.